The third-order valence-electron chi connectivity index (χ3n) is 5.11. The van der Waals surface area contributed by atoms with Crippen LogP contribution in [0.25, 0.3) is 0 Å². The van der Waals surface area contributed by atoms with E-state index in [9.17, 15) is 4.79 Å². The SMILES string of the molecule is CCCCCOc1ccc(C(=O)N2CCN(c3ccccc3OC)CC2)cc1. The molecule has 0 aromatic heterocycles. The van der Waals surface area contributed by atoms with E-state index in [1.165, 1.54) is 12.8 Å². The average molecular weight is 383 g/mol. The van der Waals surface area contributed by atoms with Crippen molar-refractivity contribution >= 4 is 11.6 Å². The van der Waals surface area contributed by atoms with E-state index < -0.39 is 0 Å². The van der Waals surface area contributed by atoms with Gasteiger partial charge in [0.05, 0.1) is 19.4 Å². The van der Waals surface area contributed by atoms with E-state index in [-0.39, 0.29) is 5.91 Å². The fourth-order valence-corrected chi connectivity index (χ4v) is 3.46. The lowest BCUT2D eigenvalue weighted by molar-refractivity contribution is 0.0746. The van der Waals surface area contributed by atoms with Crippen molar-refractivity contribution in [2.45, 2.75) is 26.2 Å². The van der Waals surface area contributed by atoms with Crippen molar-refractivity contribution in [2.75, 3.05) is 44.8 Å². The predicted molar refractivity (Wildman–Crippen MR) is 113 cm³/mol. The van der Waals surface area contributed by atoms with Crippen LogP contribution >= 0.6 is 0 Å². The number of nitrogens with zero attached hydrogens (tertiary/aromatic N) is 2. The molecule has 3 rings (SSSR count). The van der Waals surface area contributed by atoms with Gasteiger partial charge in [-0.3, -0.25) is 4.79 Å². The van der Waals surface area contributed by atoms with Crippen molar-refractivity contribution in [3.63, 3.8) is 0 Å². The molecule has 5 nitrogen and oxygen atoms in total. The van der Waals surface area contributed by atoms with E-state index in [0.717, 1.165) is 43.3 Å². The summed E-state index contributed by atoms with van der Waals surface area (Å²) in [4.78, 5) is 17.0. The minimum atomic E-state index is 0.0807. The van der Waals surface area contributed by atoms with E-state index in [4.69, 9.17) is 9.47 Å². The number of unbranched alkanes of at least 4 members (excludes halogenated alkanes) is 2. The van der Waals surface area contributed by atoms with Crippen LogP contribution < -0.4 is 14.4 Å². The molecule has 1 heterocycles. The van der Waals surface area contributed by atoms with Gasteiger partial charge in [-0.1, -0.05) is 31.9 Å². The molecule has 1 fully saturated rings. The molecule has 5 heteroatoms. The molecular formula is C23H30N2O3. The van der Waals surface area contributed by atoms with Gasteiger partial charge in [-0.2, -0.15) is 0 Å². The summed E-state index contributed by atoms with van der Waals surface area (Å²) < 4.78 is 11.2. The number of benzene rings is 2. The molecule has 1 saturated heterocycles. The molecule has 150 valence electrons. The number of rotatable bonds is 8. The Labute approximate surface area is 167 Å². The topological polar surface area (TPSA) is 42.0 Å². The van der Waals surface area contributed by atoms with Crippen LogP contribution in [0.5, 0.6) is 11.5 Å². The van der Waals surface area contributed by atoms with Crippen molar-refractivity contribution in [1.29, 1.82) is 0 Å². The maximum Gasteiger partial charge on any atom is 0.253 e. The third kappa shape index (κ3) is 4.97. The van der Waals surface area contributed by atoms with E-state index in [1.54, 1.807) is 7.11 Å². The summed E-state index contributed by atoms with van der Waals surface area (Å²) in [5, 5.41) is 0. The number of amides is 1. The summed E-state index contributed by atoms with van der Waals surface area (Å²) in [6.45, 7) is 5.90. The second-order valence-electron chi connectivity index (χ2n) is 7.03. The first-order valence-corrected chi connectivity index (χ1v) is 10.1. The van der Waals surface area contributed by atoms with Crippen LogP contribution in [0.4, 0.5) is 5.69 Å². The van der Waals surface area contributed by atoms with E-state index in [1.807, 2.05) is 47.4 Å². The Balaban J connectivity index is 1.53. The lowest BCUT2D eigenvalue weighted by Crippen LogP contribution is -2.48. The number of hydrogen-bond donors (Lipinski definition) is 0. The highest BCUT2D eigenvalue weighted by atomic mass is 16.5. The van der Waals surface area contributed by atoms with E-state index in [2.05, 4.69) is 17.9 Å². The second kappa shape index (κ2) is 10.0. The molecule has 1 amide bonds. The van der Waals surface area contributed by atoms with Gasteiger partial charge in [-0.05, 0) is 42.8 Å². The average Bonchev–Trinajstić information content (AvgIpc) is 2.77. The Kier molecular flexibility index (Phi) is 7.18. The largest absolute Gasteiger partial charge is 0.495 e. The van der Waals surface area contributed by atoms with Crippen LogP contribution in [0.3, 0.4) is 0 Å². The van der Waals surface area contributed by atoms with Crippen molar-refractivity contribution in [2.24, 2.45) is 0 Å². The van der Waals surface area contributed by atoms with Crippen molar-refractivity contribution in [3.05, 3.63) is 54.1 Å². The summed E-state index contributed by atoms with van der Waals surface area (Å²) in [6.07, 6.45) is 3.42. The zero-order valence-corrected chi connectivity index (χ0v) is 16.9. The fourth-order valence-electron chi connectivity index (χ4n) is 3.46. The zero-order valence-electron chi connectivity index (χ0n) is 16.9. The number of carbonyl (C=O) groups is 1. The molecule has 0 saturated carbocycles. The number of anilines is 1. The molecule has 0 bridgehead atoms. The molecule has 1 aliphatic rings. The van der Waals surface area contributed by atoms with Gasteiger partial charge in [-0.25, -0.2) is 0 Å². The minimum Gasteiger partial charge on any atom is -0.495 e. The second-order valence-corrected chi connectivity index (χ2v) is 7.03. The van der Waals surface area contributed by atoms with Gasteiger partial charge in [0, 0.05) is 31.7 Å². The molecule has 0 unspecified atom stereocenters. The van der Waals surface area contributed by atoms with E-state index in [0.29, 0.717) is 18.7 Å². The molecule has 0 atom stereocenters. The Morgan fingerprint density at radius 3 is 2.36 bits per heavy atom. The highest BCUT2D eigenvalue weighted by Gasteiger charge is 2.23. The first-order valence-electron chi connectivity index (χ1n) is 10.1. The van der Waals surface area contributed by atoms with Crippen LogP contribution in [-0.2, 0) is 0 Å². The van der Waals surface area contributed by atoms with Crippen molar-refractivity contribution < 1.29 is 14.3 Å². The maximum atomic E-state index is 12.8. The van der Waals surface area contributed by atoms with Crippen LogP contribution in [0, 0.1) is 0 Å². The first kappa shape index (κ1) is 20.1. The monoisotopic (exact) mass is 382 g/mol. The summed E-state index contributed by atoms with van der Waals surface area (Å²) in [6, 6.07) is 15.5. The Morgan fingerprint density at radius 1 is 0.964 bits per heavy atom. The van der Waals surface area contributed by atoms with Crippen LogP contribution in [0.2, 0.25) is 0 Å². The zero-order chi connectivity index (χ0) is 19.8. The molecule has 0 radical (unpaired) electrons. The van der Waals surface area contributed by atoms with Gasteiger partial charge in [0.2, 0.25) is 0 Å². The molecule has 0 spiro atoms. The van der Waals surface area contributed by atoms with Gasteiger partial charge in [0.25, 0.3) is 5.91 Å². The van der Waals surface area contributed by atoms with Gasteiger partial charge in [-0.15, -0.1) is 0 Å². The fraction of sp³-hybridized carbons (Fsp3) is 0.435. The number of carbonyl (C=O) groups excluding carboxylic acids is 1. The van der Waals surface area contributed by atoms with Crippen molar-refractivity contribution in [1.82, 2.24) is 4.90 Å². The Morgan fingerprint density at radius 2 is 1.68 bits per heavy atom. The van der Waals surface area contributed by atoms with Gasteiger partial charge < -0.3 is 19.3 Å². The van der Waals surface area contributed by atoms with Gasteiger partial charge in [0.1, 0.15) is 11.5 Å². The first-order chi connectivity index (χ1) is 13.7. The molecule has 1 aliphatic heterocycles. The maximum absolute atomic E-state index is 12.8. The summed E-state index contributed by atoms with van der Waals surface area (Å²) in [5.74, 6) is 1.78. The van der Waals surface area contributed by atoms with Crippen LogP contribution in [0.1, 0.15) is 36.5 Å². The molecule has 0 aliphatic carbocycles. The lowest BCUT2D eigenvalue weighted by atomic mass is 10.1. The van der Waals surface area contributed by atoms with E-state index >= 15 is 0 Å². The number of hydrogen-bond acceptors (Lipinski definition) is 4. The molecule has 0 N–H and O–H groups in total. The predicted octanol–water partition coefficient (Wildman–Crippen LogP) is 4.23. The molecule has 2 aromatic carbocycles. The smallest absolute Gasteiger partial charge is 0.253 e. The standard InChI is InChI=1S/C23H30N2O3/c1-3-4-7-18-28-20-12-10-19(11-13-20)23(26)25-16-14-24(15-17-25)21-8-5-6-9-22(21)27-2/h5-6,8-13H,3-4,7,14-18H2,1-2H3. The lowest BCUT2D eigenvalue weighted by Gasteiger charge is -2.36. The number of para-hydroxylation sites is 2. The number of ether oxygens (including phenoxy) is 2. The highest BCUT2D eigenvalue weighted by Crippen LogP contribution is 2.28. The number of methoxy groups -OCH3 is 1. The number of piperazine rings is 1. The molecule has 28 heavy (non-hydrogen) atoms. The quantitative estimate of drug-likeness (QED) is 0.641. The summed E-state index contributed by atoms with van der Waals surface area (Å²) >= 11 is 0. The summed E-state index contributed by atoms with van der Waals surface area (Å²) in [7, 11) is 1.69. The van der Waals surface area contributed by atoms with Crippen molar-refractivity contribution in [3.8, 4) is 11.5 Å². The van der Waals surface area contributed by atoms with Gasteiger partial charge >= 0.3 is 0 Å². The van der Waals surface area contributed by atoms with Crippen LogP contribution in [0.15, 0.2) is 48.5 Å². The molecule has 2 aromatic rings. The van der Waals surface area contributed by atoms with Gasteiger partial charge in [0.15, 0.2) is 0 Å². The molecular weight excluding hydrogens is 352 g/mol. The highest BCUT2D eigenvalue weighted by molar-refractivity contribution is 5.94. The van der Waals surface area contributed by atoms with Crippen LogP contribution in [-0.4, -0.2) is 50.7 Å². The third-order valence-corrected chi connectivity index (χ3v) is 5.11. The minimum absolute atomic E-state index is 0.0807. The Bertz CT molecular complexity index is 753. The Hall–Kier alpha value is -2.69. The normalized spacial score (nSPS) is 14.1. The summed E-state index contributed by atoms with van der Waals surface area (Å²) in [5.41, 5.74) is 1.80.